The van der Waals surface area contributed by atoms with E-state index in [1.54, 1.807) is 6.21 Å². The predicted octanol–water partition coefficient (Wildman–Crippen LogP) is 5.09. The summed E-state index contributed by atoms with van der Waals surface area (Å²) in [5.41, 5.74) is 5.25. The SMILES string of the molecule is O=C(CNc1ccc(I)cc1)N/N=C\c1cccc(OCc2ccc(Cl)cc2)c1. The van der Waals surface area contributed by atoms with Gasteiger partial charge in [0, 0.05) is 14.3 Å². The molecule has 0 aliphatic heterocycles. The molecule has 0 aliphatic rings. The van der Waals surface area contributed by atoms with Gasteiger partial charge in [-0.3, -0.25) is 4.79 Å². The number of amides is 1. The average molecular weight is 520 g/mol. The molecule has 3 aromatic carbocycles. The number of benzene rings is 3. The fourth-order valence-electron chi connectivity index (χ4n) is 2.40. The molecule has 0 bridgehead atoms. The number of hydrazone groups is 1. The molecular weight excluding hydrogens is 501 g/mol. The maximum Gasteiger partial charge on any atom is 0.259 e. The Hall–Kier alpha value is -2.58. The van der Waals surface area contributed by atoms with Gasteiger partial charge in [-0.25, -0.2) is 5.43 Å². The van der Waals surface area contributed by atoms with Gasteiger partial charge in [-0.05, 0) is 82.2 Å². The van der Waals surface area contributed by atoms with Crippen LogP contribution in [-0.4, -0.2) is 18.7 Å². The van der Waals surface area contributed by atoms with E-state index in [1.807, 2.05) is 72.8 Å². The van der Waals surface area contributed by atoms with Gasteiger partial charge in [0.1, 0.15) is 12.4 Å². The Kier molecular flexibility index (Phi) is 7.89. The van der Waals surface area contributed by atoms with Gasteiger partial charge in [-0.2, -0.15) is 5.10 Å². The number of rotatable bonds is 8. The van der Waals surface area contributed by atoms with Crippen LogP contribution in [0.3, 0.4) is 0 Å². The first-order valence-electron chi connectivity index (χ1n) is 8.87. The number of anilines is 1. The lowest BCUT2D eigenvalue weighted by molar-refractivity contribution is -0.119. The lowest BCUT2D eigenvalue weighted by Crippen LogP contribution is -2.25. The van der Waals surface area contributed by atoms with Crippen molar-refractivity contribution in [3.8, 4) is 5.75 Å². The summed E-state index contributed by atoms with van der Waals surface area (Å²) in [6.07, 6.45) is 1.58. The van der Waals surface area contributed by atoms with Crippen molar-refractivity contribution in [2.24, 2.45) is 5.10 Å². The molecule has 0 saturated heterocycles. The minimum atomic E-state index is -0.227. The van der Waals surface area contributed by atoms with E-state index in [1.165, 1.54) is 0 Å². The summed E-state index contributed by atoms with van der Waals surface area (Å²) < 4.78 is 6.93. The Labute approximate surface area is 188 Å². The van der Waals surface area contributed by atoms with Gasteiger partial charge in [-0.1, -0.05) is 35.9 Å². The second-order valence-electron chi connectivity index (χ2n) is 6.14. The zero-order valence-electron chi connectivity index (χ0n) is 15.4. The Morgan fingerprint density at radius 1 is 1.07 bits per heavy atom. The third-order valence-corrected chi connectivity index (χ3v) is 4.85. The minimum absolute atomic E-state index is 0.141. The van der Waals surface area contributed by atoms with Gasteiger partial charge >= 0.3 is 0 Å². The molecule has 3 aromatic rings. The van der Waals surface area contributed by atoms with Crippen molar-refractivity contribution in [1.82, 2.24) is 5.43 Å². The largest absolute Gasteiger partial charge is 0.489 e. The van der Waals surface area contributed by atoms with Crippen molar-refractivity contribution < 1.29 is 9.53 Å². The molecular formula is C22H19ClIN3O2. The summed E-state index contributed by atoms with van der Waals surface area (Å²) in [6.45, 7) is 0.584. The van der Waals surface area contributed by atoms with Gasteiger partial charge in [0.2, 0.25) is 0 Å². The monoisotopic (exact) mass is 519 g/mol. The molecule has 3 rings (SSSR count). The smallest absolute Gasteiger partial charge is 0.259 e. The molecule has 0 radical (unpaired) electrons. The topological polar surface area (TPSA) is 62.7 Å². The second-order valence-corrected chi connectivity index (χ2v) is 7.82. The molecule has 0 saturated carbocycles. The van der Waals surface area contributed by atoms with E-state index >= 15 is 0 Å². The maximum atomic E-state index is 11.9. The van der Waals surface area contributed by atoms with Crippen LogP contribution in [0.2, 0.25) is 5.02 Å². The molecule has 7 heteroatoms. The molecule has 0 fully saturated rings. The normalized spacial score (nSPS) is 10.7. The minimum Gasteiger partial charge on any atom is -0.489 e. The van der Waals surface area contributed by atoms with Crippen molar-refractivity contribution in [3.05, 3.63) is 92.5 Å². The fourth-order valence-corrected chi connectivity index (χ4v) is 2.89. The van der Waals surface area contributed by atoms with E-state index < -0.39 is 0 Å². The van der Waals surface area contributed by atoms with Crippen LogP contribution < -0.4 is 15.5 Å². The Morgan fingerprint density at radius 3 is 2.59 bits per heavy atom. The van der Waals surface area contributed by atoms with Gasteiger partial charge < -0.3 is 10.1 Å². The Morgan fingerprint density at radius 2 is 1.83 bits per heavy atom. The highest BCUT2D eigenvalue weighted by molar-refractivity contribution is 14.1. The molecule has 5 nitrogen and oxygen atoms in total. The van der Waals surface area contributed by atoms with E-state index in [4.69, 9.17) is 16.3 Å². The number of carbonyl (C=O) groups excluding carboxylic acids is 1. The molecule has 148 valence electrons. The van der Waals surface area contributed by atoms with Crippen LogP contribution in [0.1, 0.15) is 11.1 Å². The van der Waals surface area contributed by atoms with Crippen LogP contribution in [-0.2, 0) is 11.4 Å². The summed E-state index contributed by atoms with van der Waals surface area (Å²) in [5, 5.41) is 7.75. The highest BCUT2D eigenvalue weighted by atomic mass is 127. The standard InChI is InChI=1S/C22H19ClIN3O2/c23-18-6-4-16(5-7-18)15-29-21-3-1-2-17(12-21)13-26-27-22(28)14-25-20-10-8-19(24)9-11-20/h1-13,25H,14-15H2,(H,27,28)/b26-13-. The number of carbonyl (C=O) groups is 1. The third-order valence-electron chi connectivity index (χ3n) is 3.88. The molecule has 0 spiro atoms. The van der Waals surface area contributed by atoms with Crippen LogP contribution in [0.4, 0.5) is 5.69 Å². The van der Waals surface area contributed by atoms with Gasteiger partial charge in [-0.15, -0.1) is 0 Å². The molecule has 0 aromatic heterocycles. The first kappa shape index (κ1) is 21.1. The maximum absolute atomic E-state index is 11.9. The number of hydrogen-bond donors (Lipinski definition) is 2. The fraction of sp³-hybridized carbons (Fsp3) is 0.0909. The van der Waals surface area contributed by atoms with Crippen molar-refractivity contribution in [2.75, 3.05) is 11.9 Å². The summed E-state index contributed by atoms with van der Waals surface area (Å²) in [7, 11) is 0. The summed E-state index contributed by atoms with van der Waals surface area (Å²) in [5.74, 6) is 0.491. The lowest BCUT2D eigenvalue weighted by Gasteiger charge is -2.07. The van der Waals surface area contributed by atoms with E-state index in [9.17, 15) is 4.79 Å². The number of ether oxygens (including phenoxy) is 1. The van der Waals surface area contributed by atoms with E-state index in [0.29, 0.717) is 11.6 Å². The van der Waals surface area contributed by atoms with Crippen molar-refractivity contribution >= 4 is 52.0 Å². The average Bonchev–Trinajstić information content (AvgIpc) is 2.73. The quantitative estimate of drug-likeness (QED) is 0.248. The molecule has 1 amide bonds. The van der Waals surface area contributed by atoms with Gasteiger partial charge in [0.15, 0.2) is 0 Å². The molecule has 0 unspecified atom stereocenters. The first-order chi connectivity index (χ1) is 14.1. The van der Waals surface area contributed by atoms with E-state index in [2.05, 4.69) is 38.4 Å². The zero-order chi connectivity index (χ0) is 20.5. The van der Waals surface area contributed by atoms with Crippen LogP contribution in [0.5, 0.6) is 5.75 Å². The summed E-state index contributed by atoms with van der Waals surface area (Å²) in [6, 6.07) is 22.8. The van der Waals surface area contributed by atoms with Crippen LogP contribution >= 0.6 is 34.2 Å². The number of hydrogen-bond acceptors (Lipinski definition) is 4. The summed E-state index contributed by atoms with van der Waals surface area (Å²) in [4.78, 5) is 11.9. The third kappa shape index (κ3) is 7.40. The van der Waals surface area contributed by atoms with Crippen molar-refractivity contribution in [2.45, 2.75) is 6.61 Å². The summed E-state index contributed by atoms with van der Waals surface area (Å²) >= 11 is 8.12. The van der Waals surface area contributed by atoms with Gasteiger partial charge in [0.05, 0.1) is 12.8 Å². The highest BCUT2D eigenvalue weighted by Crippen LogP contribution is 2.16. The second kappa shape index (κ2) is 10.8. The molecule has 0 aliphatic carbocycles. The number of nitrogens with one attached hydrogen (secondary N) is 2. The lowest BCUT2D eigenvalue weighted by atomic mass is 10.2. The van der Waals surface area contributed by atoms with Crippen LogP contribution in [0.15, 0.2) is 77.9 Å². The Bertz CT molecular complexity index is 976. The predicted molar refractivity (Wildman–Crippen MR) is 126 cm³/mol. The highest BCUT2D eigenvalue weighted by Gasteiger charge is 2.00. The van der Waals surface area contributed by atoms with Gasteiger partial charge in [0.25, 0.3) is 5.91 Å². The first-order valence-corrected chi connectivity index (χ1v) is 10.3. The van der Waals surface area contributed by atoms with Crippen molar-refractivity contribution in [1.29, 1.82) is 0 Å². The van der Waals surface area contributed by atoms with E-state index in [0.717, 1.165) is 26.1 Å². The number of nitrogens with zero attached hydrogens (tertiary/aromatic N) is 1. The molecule has 29 heavy (non-hydrogen) atoms. The van der Waals surface area contributed by atoms with Crippen LogP contribution in [0.25, 0.3) is 0 Å². The van der Waals surface area contributed by atoms with E-state index in [-0.39, 0.29) is 12.5 Å². The molecule has 0 heterocycles. The van der Waals surface area contributed by atoms with Crippen LogP contribution in [0, 0.1) is 3.57 Å². The molecule has 2 N–H and O–H groups in total. The Balaban J connectivity index is 1.46. The number of halogens is 2. The zero-order valence-corrected chi connectivity index (χ0v) is 18.4. The molecule has 0 atom stereocenters. The van der Waals surface area contributed by atoms with Crippen molar-refractivity contribution in [3.63, 3.8) is 0 Å².